The largest absolute Gasteiger partial charge is 0.389 e. The van der Waals surface area contributed by atoms with Crippen molar-refractivity contribution in [3.63, 3.8) is 0 Å². The van der Waals surface area contributed by atoms with Crippen LogP contribution in [0.3, 0.4) is 0 Å². The number of rotatable bonds is 6. The predicted molar refractivity (Wildman–Crippen MR) is 72.8 cm³/mol. The first-order valence-electron chi connectivity index (χ1n) is 7.06. The standard InChI is InChI=1S/C14H29NO3/c1-5-6-13-10-15(7-8-17-13)9-12(16)11-18-14(2,3)4/h12-13,16H,5-11H2,1-4H3. The average molecular weight is 259 g/mol. The van der Waals surface area contributed by atoms with Crippen LogP contribution < -0.4 is 0 Å². The minimum absolute atomic E-state index is 0.184. The van der Waals surface area contributed by atoms with Crippen LogP contribution in [0.2, 0.25) is 0 Å². The van der Waals surface area contributed by atoms with Crippen molar-refractivity contribution in [1.82, 2.24) is 4.90 Å². The maximum atomic E-state index is 9.97. The fourth-order valence-corrected chi connectivity index (χ4v) is 2.14. The molecule has 0 radical (unpaired) electrons. The van der Waals surface area contributed by atoms with Crippen molar-refractivity contribution >= 4 is 0 Å². The van der Waals surface area contributed by atoms with Crippen molar-refractivity contribution in [2.75, 3.05) is 32.8 Å². The van der Waals surface area contributed by atoms with E-state index in [1.807, 2.05) is 20.8 Å². The topological polar surface area (TPSA) is 41.9 Å². The van der Waals surface area contributed by atoms with Gasteiger partial charge in [-0.1, -0.05) is 13.3 Å². The highest BCUT2D eigenvalue weighted by Crippen LogP contribution is 2.12. The first-order valence-corrected chi connectivity index (χ1v) is 7.06. The van der Waals surface area contributed by atoms with E-state index in [-0.39, 0.29) is 5.60 Å². The molecule has 0 aliphatic carbocycles. The zero-order valence-electron chi connectivity index (χ0n) is 12.3. The van der Waals surface area contributed by atoms with Gasteiger partial charge >= 0.3 is 0 Å². The molecule has 108 valence electrons. The van der Waals surface area contributed by atoms with Gasteiger partial charge in [-0.25, -0.2) is 0 Å². The summed E-state index contributed by atoms with van der Waals surface area (Å²) in [4.78, 5) is 2.28. The SMILES string of the molecule is CCCC1CN(CC(O)COC(C)(C)C)CCO1. The van der Waals surface area contributed by atoms with Gasteiger partial charge in [-0.2, -0.15) is 0 Å². The molecule has 0 bridgehead atoms. The highest BCUT2D eigenvalue weighted by atomic mass is 16.5. The van der Waals surface area contributed by atoms with Gasteiger partial charge in [-0.05, 0) is 27.2 Å². The normalized spacial score (nSPS) is 24.2. The summed E-state index contributed by atoms with van der Waals surface area (Å²) in [6.07, 6.45) is 2.17. The summed E-state index contributed by atoms with van der Waals surface area (Å²) in [6, 6.07) is 0. The number of morpholine rings is 1. The van der Waals surface area contributed by atoms with E-state index in [9.17, 15) is 5.11 Å². The Morgan fingerprint density at radius 2 is 2.17 bits per heavy atom. The molecule has 0 amide bonds. The van der Waals surface area contributed by atoms with Crippen LogP contribution in [0.1, 0.15) is 40.5 Å². The molecule has 18 heavy (non-hydrogen) atoms. The summed E-state index contributed by atoms with van der Waals surface area (Å²) in [5.74, 6) is 0. The van der Waals surface area contributed by atoms with Crippen molar-refractivity contribution < 1.29 is 14.6 Å². The number of aliphatic hydroxyl groups is 1. The monoisotopic (exact) mass is 259 g/mol. The van der Waals surface area contributed by atoms with Gasteiger partial charge < -0.3 is 14.6 Å². The Hall–Kier alpha value is -0.160. The Labute approximate surface area is 111 Å². The molecule has 4 nitrogen and oxygen atoms in total. The molecule has 0 aromatic rings. The maximum Gasteiger partial charge on any atom is 0.0900 e. The molecule has 1 aliphatic rings. The lowest BCUT2D eigenvalue weighted by Crippen LogP contribution is -2.46. The summed E-state index contributed by atoms with van der Waals surface area (Å²) in [5, 5.41) is 9.97. The smallest absolute Gasteiger partial charge is 0.0900 e. The number of aliphatic hydroxyl groups excluding tert-OH is 1. The second-order valence-corrected chi connectivity index (χ2v) is 6.12. The Morgan fingerprint density at radius 1 is 1.44 bits per heavy atom. The van der Waals surface area contributed by atoms with Crippen molar-refractivity contribution in [2.45, 2.75) is 58.3 Å². The number of hydrogen-bond acceptors (Lipinski definition) is 4. The molecule has 2 unspecified atom stereocenters. The zero-order valence-corrected chi connectivity index (χ0v) is 12.3. The van der Waals surface area contributed by atoms with Crippen LogP contribution in [0, 0.1) is 0 Å². The van der Waals surface area contributed by atoms with Gasteiger partial charge in [0, 0.05) is 19.6 Å². The predicted octanol–water partition coefficient (Wildman–Crippen LogP) is 1.66. The van der Waals surface area contributed by atoms with E-state index >= 15 is 0 Å². The highest BCUT2D eigenvalue weighted by molar-refractivity contribution is 4.74. The number of β-amino-alcohol motifs (C(OH)–C–C–N with tert-alkyl or cyclic N) is 1. The fraction of sp³-hybridized carbons (Fsp3) is 1.00. The van der Waals surface area contributed by atoms with E-state index in [4.69, 9.17) is 9.47 Å². The van der Waals surface area contributed by atoms with Gasteiger partial charge in [-0.3, -0.25) is 4.90 Å². The third-order valence-electron chi connectivity index (χ3n) is 3.01. The van der Waals surface area contributed by atoms with E-state index in [1.165, 1.54) is 0 Å². The number of nitrogens with zero attached hydrogens (tertiary/aromatic N) is 1. The van der Waals surface area contributed by atoms with E-state index in [0.29, 0.717) is 19.3 Å². The quantitative estimate of drug-likeness (QED) is 0.788. The molecule has 0 spiro atoms. The molecular weight excluding hydrogens is 230 g/mol. The molecule has 1 aliphatic heterocycles. The average Bonchev–Trinajstić information content (AvgIpc) is 2.26. The van der Waals surface area contributed by atoms with Crippen LogP contribution in [-0.2, 0) is 9.47 Å². The summed E-state index contributed by atoms with van der Waals surface area (Å²) >= 11 is 0. The molecule has 1 rings (SSSR count). The third kappa shape index (κ3) is 6.69. The molecule has 4 heteroatoms. The molecule has 1 saturated heterocycles. The first-order chi connectivity index (χ1) is 8.40. The van der Waals surface area contributed by atoms with Crippen LogP contribution in [0.15, 0.2) is 0 Å². The lowest BCUT2D eigenvalue weighted by Gasteiger charge is -2.34. The van der Waals surface area contributed by atoms with Gasteiger partial charge in [0.05, 0.1) is 31.0 Å². The Morgan fingerprint density at radius 3 is 2.78 bits per heavy atom. The second-order valence-electron chi connectivity index (χ2n) is 6.12. The molecule has 1 heterocycles. The number of ether oxygens (including phenoxy) is 2. The molecule has 0 aromatic heterocycles. The van der Waals surface area contributed by atoms with Gasteiger partial charge in [0.25, 0.3) is 0 Å². The molecule has 2 atom stereocenters. The van der Waals surface area contributed by atoms with Crippen LogP contribution in [-0.4, -0.2) is 60.7 Å². The molecule has 0 aromatic carbocycles. The Balaban J connectivity index is 2.24. The van der Waals surface area contributed by atoms with Crippen molar-refractivity contribution in [3.8, 4) is 0 Å². The lowest BCUT2D eigenvalue weighted by atomic mass is 10.1. The summed E-state index contributed by atoms with van der Waals surface area (Å²) < 4.78 is 11.3. The van der Waals surface area contributed by atoms with E-state index < -0.39 is 6.10 Å². The van der Waals surface area contributed by atoms with Crippen LogP contribution in [0.25, 0.3) is 0 Å². The molecule has 0 saturated carbocycles. The van der Waals surface area contributed by atoms with E-state index in [2.05, 4.69) is 11.8 Å². The van der Waals surface area contributed by atoms with Crippen LogP contribution in [0.5, 0.6) is 0 Å². The van der Waals surface area contributed by atoms with Gasteiger partial charge in [0.15, 0.2) is 0 Å². The molecule has 1 N–H and O–H groups in total. The van der Waals surface area contributed by atoms with E-state index in [0.717, 1.165) is 32.5 Å². The minimum atomic E-state index is -0.412. The highest BCUT2D eigenvalue weighted by Gasteiger charge is 2.22. The van der Waals surface area contributed by atoms with Crippen molar-refractivity contribution in [2.24, 2.45) is 0 Å². The lowest BCUT2D eigenvalue weighted by molar-refractivity contribution is -0.0761. The second kappa shape index (κ2) is 7.43. The van der Waals surface area contributed by atoms with Gasteiger partial charge in [0.2, 0.25) is 0 Å². The van der Waals surface area contributed by atoms with Crippen molar-refractivity contribution in [3.05, 3.63) is 0 Å². The van der Waals surface area contributed by atoms with Gasteiger partial charge in [-0.15, -0.1) is 0 Å². The maximum absolute atomic E-state index is 9.97. The first kappa shape index (κ1) is 15.9. The van der Waals surface area contributed by atoms with E-state index in [1.54, 1.807) is 0 Å². The summed E-state index contributed by atoms with van der Waals surface area (Å²) in [7, 11) is 0. The van der Waals surface area contributed by atoms with Crippen LogP contribution >= 0.6 is 0 Å². The zero-order chi connectivity index (χ0) is 13.6. The van der Waals surface area contributed by atoms with Crippen molar-refractivity contribution in [1.29, 1.82) is 0 Å². The van der Waals surface area contributed by atoms with Gasteiger partial charge in [0.1, 0.15) is 0 Å². The summed E-state index contributed by atoms with van der Waals surface area (Å²) in [6.45, 7) is 11.9. The molecule has 1 fully saturated rings. The molecular formula is C14H29NO3. The Kier molecular flexibility index (Phi) is 6.57. The minimum Gasteiger partial charge on any atom is -0.389 e. The fourth-order valence-electron chi connectivity index (χ4n) is 2.14. The number of hydrogen-bond donors (Lipinski definition) is 1. The summed E-state index contributed by atoms with van der Waals surface area (Å²) in [5.41, 5.74) is -0.184. The van der Waals surface area contributed by atoms with Crippen LogP contribution in [0.4, 0.5) is 0 Å². The Bertz CT molecular complexity index is 226. The third-order valence-corrected chi connectivity index (χ3v) is 3.01.